The lowest BCUT2D eigenvalue weighted by atomic mass is 10.1. The van der Waals surface area contributed by atoms with E-state index >= 15 is 0 Å². The Bertz CT molecular complexity index is 600. The maximum atomic E-state index is 12.8. The topological polar surface area (TPSA) is 30.9 Å². The molecule has 0 radical (unpaired) electrons. The number of benzene rings is 1. The van der Waals surface area contributed by atoms with Gasteiger partial charge in [0, 0.05) is 45.2 Å². The zero-order chi connectivity index (χ0) is 18.0. The van der Waals surface area contributed by atoms with E-state index in [1.807, 2.05) is 18.2 Å². The Kier molecular flexibility index (Phi) is 7.18. The van der Waals surface area contributed by atoms with Gasteiger partial charge in [-0.05, 0) is 18.9 Å². The normalized spacial score (nSPS) is 25.4. The second-order valence-electron chi connectivity index (χ2n) is 6.79. The van der Waals surface area contributed by atoms with Crippen LogP contribution in [0, 0.1) is 0 Å². The molecule has 0 amide bonds. The number of halogens is 4. The fourth-order valence-corrected chi connectivity index (χ4v) is 3.41. The van der Waals surface area contributed by atoms with Crippen LogP contribution in [0.4, 0.5) is 13.2 Å². The van der Waals surface area contributed by atoms with Crippen LogP contribution in [0.2, 0.25) is 0 Å². The highest BCUT2D eigenvalue weighted by atomic mass is 127. The average Bonchev–Trinajstić information content (AvgIpc) is 3.38. The molecule has 3 atom stereocenters. The molecule has 1 saturated heterocycles. The van der Waals surface area contributed by atoms with E-state index in [-0.39, 0.29) is 24.0 Å². The first kappa shape index (κ1) is 21.3. The zero-order valence-electron chi connectivity index (χ0n) is 15.0. The molecule has 2 fully saturated rings. The second kappa shape index (κ2) is 8.77. The summed E-state index contributed by atoms with van der Waals surface area (Å²) in [5.74, 6) is 1.28. The molecule has 0 bridgehead atoms. The Hall–Kier alpha value is -1.03. The van der Waals surface area contributed by atoms with E-state index in [2.05, 4.69) is 27.3 Å². The van der Waals surface area contributed by atoms with Crippen molar-refractivity contribution in [2.75, 3.05) is 33.2 Å². The summed E-state index contributed by atoms with van der Waals surface area (Å²) in [4.78, 5) is 7.88. The molecule has 1 saturated carbocycles. The molecule has 1 aromatic carbocycles. The number of guanidine groups is 1. The van der Waals surface area contributed by atoms with E-state index in [0.29, 0.717) is 38.1 Å². The van der Waals surface area contributed by atoms with Crippen LogP contribution in [-0.2, 0) is 0 Å². The standard InChI is InChI=1S/C18H25F3N4.HI/c1-13(18(19,20)21)24-8-10-25(11-9-24)17(22-2)23-16-12-15(16)14-6-4-3-5-7-14;/h3-7,13,15-16H,8-12H2,1-2H3,(H,22,23);1H. The minimum atomic E-state index is -4.17. The summed E-state index contributed by atoms with van der Waals surface area (Å²) >= 11 is 0. The molecule has 4 nitrogen and oxygen atoms in total. The van der Waals surface area contributed by atoms with Crippen LogP contribution >= 0.6 is 24.0 Å². The Morgan fingerprint density at radius 1 is 1.15 bits per heavy atom. The van der Waals surface area contributed by atoms with Gasteiger partial charge in [-0.25, -0.2) is 0 Å². The van der Waals surface area contributed by atoms with Gasteiger partial charge in [0.25, 0.3) is 0 Å². The number of aliphatic imine (C=N–C) groups is 1. The molecule has 2 aliphatic rings. The fraction of sp³-hybridized carbons (Fsp3) is 0.611. The van der Waals surface area contributed by atoms with Crippen LogP contribution in [0.5, 0.6) is 0 Å². The van der Waals surface area contributed by atoms with E-state index in [1.54, 1.807) is 7.05 Å². The Labute approximate surface area is 169 Å². The van der Waals surface area contributed by atoms with Crippen LogP contribution in [0.25, 0.3) is 0 Å². The van der Waals surface area contributed by atoms with Gasteiger partial charge in [-0.2, -0.15) is 13.2 Å². The van der Waals surface area contributed by atoms with Crippen molar-refractivity contribution in [3.8, 4) is 0 Å². The van der Waals surface area contributed by atoms with Gasteiger partial charge in [0.05, 0.1) is 0 Å². The molecule has 3 rings (SSSR count). The van der Waals surface area contributed by atoms with Crippen molar-refractivity contribution in [2.24, 2.45) is 4.99 Å². The van der Waals surface area contributed by atoms with Gasteiger partial charge in [0.1, 0.15) is 6.04 Å². The van der Waals surface area contributed by atoms with Gasteiger partial charge in [-0.1, -0.05) is 30.3 Å². The van der Waals surface area contributed by atoms with Gasteiger partial charge in [0.2, 0.25) is 0 Å². The summed E-state index contributed by atoms with van der Waals surface area (Å²) in [6.45, 7) is 3.14. The minimum Gasteiger partial charge on any atom is -0.353 e. The van der Waals surface area contributed by atoms with Crippen molar-refractivity contribution in [2.45, 2.75) is 37.5 Å². The van der Waals surface area contributed by atoms with Crippen LogP contribution in [0.15, 0.2) is 35.3 Å². The van der Waals surface area contributed by atoms with Gasteiger partial charge >= 0.3 is 6.18 Å². The highest BCUT2D eigenvalue weighted by Gasteiger charge is 2.42. The van der Waals surface area contributed by atoms with Gasteiger partial charge in [-0.15, -0.1) is 24.0 Å². The first-order chi connectivity index (χ1) is 11.9. The van der Waals surface area contributed by atoms with Crippen LogP contribution < -0.4 is 5.32 Å². The van der Waals surface area contributed by atoms with Crippen molar-refractivity contribution >= 4 is 29.9 Å². The van der Waals surface area contributed by atoms with Crippen LogP contribution in [0.3, 0.4) is 0 Å². The summed E-state index contributed by atoms with van der Waals surface area (Å²) in [6, 6.07) is 9.32. The van der Waals surface area contributed by atoms with Crippen molar-refractivity contribution in [3.63, 3.8) is 0 Å². The lowest BCUT2D eigenvalue weighted by molar-refractivity contribution is -0.181. The highest BCUT2D eigenvalue weighted by Crippen LogP contribution is 2.40. The third kappa shape index (κ3) is 5.03. The van der Waals surface area contributed by atoms with E-state index in [9.17, 15) is 13.2 Å². The van der Waals surface area contributed by atoms with Gasteiger partial charge < -0.3 is 10.2 Å². The quantitative estimate of drug-likeness (QED) is 0.408. The predicted octanol–water partition coefficient (Wildman–Crippen LogP) is 3.30. The van der Waals surface area contributed by atoms with E-state index in [1.165, 1.54) is 17.4 Å². The predicted molar refractivity (Wildman–Crippen MR) is 108 cm³/mol. The summed E-state index contributed by atoms with van der Waals surface area (Å²) in [6.07, 6.45) is -3.10. The summed E-state index contributed by atoms with van der Waals surface area (Å²) < 4.78 is 38.5. The van der Waals surface area contributed by atoms with E-state index in [0.717, 1.165) is 12.4 Å². The van der Waals surface area contributed by atoms with Crippen molar-refractivity contribution in [3.05, 3.63) is 35.9 Å². The van der Waals surface area contributed by atoms with E-state index in [4.69, 9.17) is 0 Å². The molecule has 3 unspecified atom stereocenters. The molecule has 0 spiro atoms. The number of piperazine rings is 1. The second-order valence-corrected chi connectivity index (χ2v) is 6.79. The first-order valence-electron chi connectivity index (χ1n) is 8.74. The fourth-order valence-electron chi connectivity index (χ4n) is 3.41. The number of hydrogen-bond donors (Lipinski definition) is 1. The molecule has 1 aromatic rings. The lowest BCUT2D eigenvalue weighted by Gasteiger charge is -2.39. The number of nitrogens with zero attached hydrogens (tertiary/aromatic N) is 3. The minimum absolute atomic E-state index is 0. The zero-order valence-corrected chi connectivity index (χ0v) is 17.4. The van der Waals surface area contributed by atoms with Gasteiger partial charge in [-0.3, -0.25) is 9.89 Å². The monoisotopic (exact) mass is 482 g/mol. The van der Waals surface area contributed by atoms with E-state index < -0.39 is 12.2 Å². The molecule has 26 heavy (non-hydrogen) atoms. The molecule has 1 N–H and O–H groups in total. The largest absolute Gasteiger partial charge is 0.403 e. The SMILES string of the molecule is CN=C(NC1CC1c1ccccc1)N1CCN(C(C)C(F)(F)F)CC1.I. The Morgan fingerprint density at radius 3 is 2.31 bits per heavy atom. The maximum absolute atomic E-state index is 12.8. The molecule has 8 heteroatoms. The van der Waals surface area contributed by atoms with Crippen molar-refractivity contribution in [1.82, 2.24) is 15.1 Å². The number of rotatable bonds is 3. The molecule has 1 heterocycles. The molecular weight excluding hydrogens is 456 g/mol. The third-order valence-electron chi connectivity index (χ3n) is 5.18. The van der Waals surface area contributed by atoms with Crippen LogP contribution in [0.1, 0.15) is 24.8 Å². The summed E-state index contributed by atoms with van der Waals surface area (Å²) in [7, 11) is 1.73. The Morgan fingerprint density at radius 2 is 1.77 bits per heavy atom. The molecule has 1 aliphatic carbocycles. The van der Waals surface area contributed by atoms with Crippen molar-refractivity contribution < 1.29 is 13.2 Å². The van der Waals surface area contributed by atoms with Crippen molar-refractivity contribution in [1.29, 1.82) is 0 Å². The third-order valence-corrected chi connectivity index (χ3v) is 5.18. The summed E-state index contributed by atoms with van der Waals surface area (Å²) in [5.41, 5.74) is 1.32. The smallest absolute Gasteiger partial charge is 0.353 e. The number of alkyl halides is 3. The maximum Gasteiger partial charge on any atom is 0.403 e. The first-order valence-corrected chi connectivity index (χ1v) is 8.74. The van der Waals surface area contributed by atoms with Crippen LogP contribution in [-0.4, -0.2) is 67.2 Å². The Balaban J connectivity index is 0.00000243. The molecule has 146 valence electrons. The average molecular weight is 482 g/mol. The molecule has 1 aliphatic heterocycles. The number of hydrogen-bond acceptors (Lipinski definition) is 2. The lowest BCUT2D eigenvalue weighted by Crippen LogP contribution is -2.57. The molecule has 0 aromatic heterocycles. The number of nitrogens with one attached hydrogen (secondary N) is 1. The molecular formula is C18H26F3IN4. The van der Waals surface area contributed by atoms with Gasteiger partial charge in [0.15, 0.2) is 5.96 Å². The summed E-state index contributed by atoms with van der Waals surface area (Å²) in [5, 5.41) is 3.47. The highest BCUT2D eigenvalue weighted by molar-refractivity contribution is 14.0.